The molecule has 0 atom stereocenters. The summed E-state index contributed by atoms with van der Waals surface area (Å²) in [7, 11) is 1.87. The van der Waals surface area contributed by atoms with Crippen molar-refractivity contribution >= 4 is 17.2 Å². The van der Waals surface area contributed by atoms with Gasteiger partial charge in [-0.3, -0.25) is 9.67 Å². The average molecular weight is 284 g/mol. The lowest BCUT2D eigenvalue weighted by Gasteiger charge is -2.04. The van der Waals surface area contributed by atoms with E-state index < -0.39 is 0 Å². The van der Waals surface area contributed by atoms with Crippen molar-refractivity contribution in [1.29, 1.82) is 0 Å². The summed E-state index contributed by atoms with van der Waals surface area (Å²) in [6.45, 7) is 2.15. The van der Waals surface area contributed by atoms with Crippen LogP contribution in [0.15, 0.2) is 36.0 Å². The number of thiophene rings is 1. The summed E-state index contributed by atoms with van der Waals surface area (Å²) in [6.07, 6.45) is 4.58. The molecule has 0 unspecified atom stereocenters. The van der Waals surface area contributed by atoms with Crippen molar-refractivity contribution in [3.63, 3.8) is 0 Å². The Kier molecular flexibility index (Phi) is 3.28. The second-order valence-corrected chi connectivity index (χ2v) is 5.52. The molecule has 0 fully saturated rings. The highest BCUT2D eigenvalue weighted by atomic mass is 32.1. The van der Waals surface area contributed by atoms with Crippen LogP contribution < -0.4 is 5.73 Å². The van der Waals surface area contributed by atoms with Gasteiger partial charge in [0.2, 0.25) is 0 Å². The van der Waals surface area contributed by atoms with Gasteiger partial charge in [-0.15, -0.1) is 11.3 Å². The predicted molar refractivity (Wildman–Crippen MR) is 83.5 cm³/mol. The third-order valence-corrected chi connectivity index (χ3v) is 4.35. The first kappa shape index (κ1) is 12.9. The van der Waals surface area contributed by atoms with Crippen molar-refractivity contribution in [2.24, 2.45) is 7.05 Å². The summed E-state index contributed by atoms with van der Waals surface area (Å²) in [5.41, 5.74) is 10.4. The maximum atomic E-state index is 6.21. The molecule has 3 aromatic heterocycles. The quantitative estimate of drug-likeness (QED) is 0.802. The van der Waals surface area contributed by atoms with Gasteiger partial charge in [-0.2, -0.15) is 5.10 Å². The Morgan fingerprint density at radius 1 is 1.35 bits per heavy atom. The number of hydrogen-bond donors (Lipinski definition) is 1. The van der Waals surface area contributed by atoms with Gasteiger partial charge in [0.25, 0.3) is 0 Å². The molecule has 0 aliphatic rings. The second kappa shape index (κ2) is 5.09. The third kappa shape index (κ3) is 2.00. The Bertz CT molecular complexity index is 728. The monoisotopic (exact) mass is 284 g/mol. The minimum Gasteiger partial charge on any atom is -0.383 e. The number of hydrogen-bond acceptors (Lipinski definition) is 4. The molecule has 0 aromatic carbocycles. The molecule has 3 heterocycles. The van der Waals surface area contributed by atoms with E-state index in [4.69, 9.17) is 5.73 Å². The van der Waals surface area contributed by atoms with Crippen molar-refractivity contribution in [2.75, 3.05) is 5.73 Å². The van der Waals surface area contributed by atoms with Crippen LogP contribution in [0.25, 0.3) is 21.7 Å². The molecule has 0 saturated heterocycles. The van der Waals surface area contributed by atoms with Crippen molar-refractivity contribution < 1.29 is 0 Å². The van der Waals surface area contributed by atoms with Crippen LogP contribution in [-0.4, -0.2) is 14.8 Å². The minimum absolute atomic E-state index is 0.670. The summed E-state index contributed by atoms with van der Waals surface area (Å²) in [5, 5.41) is 6.72. The minimum atomic E-state index is 0.670. The molecular weight excluding hydrogens is 268 g/mol. The zero-order chi connectivity index (χ0) is 14.1. The van der Waals surface area contributed by atoms with E-state index >= 15 is 0 Å². The Balaban J connectivity index is 2.25. The molecule has 4 nitrogen and oxygen atoms in total. The van der Waals surface area contributed by atoms with Gasteiger partial charge in [-0.05, 0) is 29.5 Å². The van der Waals surface area contributed by atoms with Crippen molar-refractivity contribution in [3.05, 3.63) is 41.5 Å². The fraction of sp³-hybridized carbons (Fsp3) is 0.200. The molecule has 0 aliphatic carbocycles. The predicted octanol–water partition coefficient (Wildman–Crippen LogP) is 3.36. The summed E-state index contributed by atoms with van der Waals surface area (Å²) in [4.78, 5) is 5.38. The number of rotatable bonds is 3. The van der Waals surface area contributed by atoms with Crippen LogP contribution in [0.4, 0.5) is 5.82 Å². The van der Waals surface area contributed by atoms with Crippen LogP contribution >= 0.6 is 11.3 Å². The molecule has 0 saturated carbocycles. The maximum absolute atomic E-state index is 6.21. The van der Waals surface area contributed by atoms with Crippen molar-refractivity contribution in [2.45, 2.75) is 13.3 Å². The fourth-order valence-corrected chi connectivity index (χ4v) is 3.30. The Hall–Kier alpha value is -2.14. The highest BCUT2D eigenvalue weighted by Crippen LogP contribution is 2.39. The number of pyridine rings is 1. The number of nitrogens with zero attached hydrogens (tertiary/aromatic N) is 3. The van der Waals surface area contributed by atoms with E-state index in [0.29, 0.717) is 5.82 Å². The number of nitrogens with two attached hydrogens (primary N) is 1. The van der Waals surface area contributed by atoms with Crippen LogP contribution in [0.2, 0.25) is 0 Å². The summed E-state index contributed by atoms with van der Waals surface area (Å²) in [6, 6.07) is 6.09. The van der Waals surface area contributed by atoms with E-state index in [0.717, 1.165) is 23.2 Å². The number of nitrogen functional groups attached to an aromatic ring is 1. The number of aromatic nitrogens is 3. The molecule has 3 aromatic rings. The van der Waals surface area contributed by atoms with E-state index in [1.165, 1.54) is 10.4 Å². The second-order valence-electron chi connectivity index (χ2n) is 4.60. The fourth-order valence-electron chi connectivity index (χ4n) is 2.31. The lowest BCUT2D eigenvalue weighted by atomic mass is 10.0. The third-order valence-electron chi connectivity index (χ3n) is 3.38. The Labute approximate surface area is 121 Å². The molecule has 0 radical (unpaired) electrons. The molecule has 0 amide bonds. The van der Waals surface area contributed by atoms with Crippen LogP contribution in [-0.2, 0) is 13.5 Å². The van der Waals surface area contributed by atoms with Gasteiger partial charge in [0, 0.05) is 25.0 Å². The highest BCUT2D eigenvalue weighted by Gasteiger charge is 2.20. The van der Waals surface area contributed by atoms with E-state index in [1.807, 2.05) is 25.4 Å². The highest BCUT2D eigenvalue weighted by molar-refractivity contribution is 7.13. The van der Waals surface area contributed by atoms with Crippen LogP contribution in [0, 0.1) is 0 Å². The molecule has 3 rings (SSSR count). The first-order chi connectivity index (χ1) is 9.72. The Morgan fingerprint density at radius 2 is 2.20 bits per heavy atom. The SMILES string of the molecule is CCc1ccsc1-c1nn(C)c(N)c1-c1cccnc1. The molecule has 2 N–H and O–H groups in total. The zero-order valence-corrected chi connectivity index (χ0v) is 12.3. The van der Waals surface area contributed by atoms with E-state index in [-0.39, 0.29) is 0 Å². The van der Waals surface area contributed by atoms with Gasteiger partial charge < -0.3 is 5.73 Å². The lowest BCUT2D eigenvalue weighted by Crippen LogP contribution is -1.98. The molecule has 0 aliphatic heterocycles. The summed E-state index contributed by atoms with van der Waals surface area (Å²) >= 11 is 1.71. The van der Waals surface area contributed by atoms with Gasteiger partial charge in [-0.1, -0.05) is 13.0 Å². The maximum Gasteiger partial charge on any atom is 0.130 e. The van der Waals surface area contributed by atoms with Gasteiger partial charge in [-0.25, -0.2) is 0 Å². The van der Waals surface area contributed by atoms with Gasteiger partial charge in [0.05, 0.1) is 10.4 Å². The number of anilines is 1. The van der Waals surface area contributed by atoms with E-state index in [1.54, 1.807) is 22.2 Å². The molecule has 5 heteroatoms. The van der Waals surface area contributed by atoms with Gasteiger partial charge in [0.15, 0.2) is 0 Å². The summed E-state index contributed by atoms with van der Waals surface area (Å²) in [5.74, 6) is 0.670. The standard InChI is InChI=1S/C15H16N4S/c1-3-10-6-8-20-14(10)13-12(15(16)19(2)18-13)11-5-4-7-17-9-11/h4-9H,3,16H2,1-2H3. The molecule has 20 heavy (non-hydrogen) atoms. The van der Waals surface area contributed by atoms with E-state index in [9.17, 15) is 0 Å². The first-order valence-corrected chi connectivity index (χ1v) is 7.40. The lowest BCUT2D eigenvalue weighted by molar-refractivity contribution is 0.782. The first-order valence-electron chi connectivity index (χ1n) is 6.52. The topological polar surface area (TPSA) is 56.7 Å². The average Bonchev–Trinajstić information content (AvgIpc) is 3.05. The van der Waals surface area contributed by atoms with Crippen molar-refractivity contribution in [1.82, 2.24) is 14.8 Å². The number of aryl methyl sites for hydroxylation is 2. The Morgan fingerprint density at radius 3 is 2.90 bits per heavy atom. The molecule has 0 spiro atoms. The molecular formula is C15H16N4S. The zero-order valence-electron chi connectivity index (χ0n) is 11.5. The van der Waals surface area contributed by atoms with Crippen LogP contribution in [0.3, 0.4) is 0 Å². The molecule has 102 valence electrons. The smallest absolute Gasteiger partial charge is 0.130 e. The van der Waals surface area contributed by atoms with Crippen LogP contribution in [0.5, 0.6) is 0 Å². The normalized spacial score (nSPS) is 10.9. The summed E-state index contributed by atoms with van der Waals surface area (Å²) < 4.78 is 1.73. The molecule has 0 bridgehead atoms. The van der Waals surface area contributed by atoms with Crippen molar-refractivity contribution in [3.8, 4) is 21.7 Å². The van der Waals surface area contributed by atoms with Gasteiger partial charge >= 0.3 is 0 Å². The largest absolute Gasteiger partial charge is 0.383 e. The van der Waals surface area contributed by atoms with E-state index in [2.05, 4.69) is 28.5 Å². The van der Waals surface area contributed by atoms with Gasteiger partial charge in [0.1, 0.15) is 11.5 Å². The van der Waals surface area contributed by atoms with Crippen LogP contribution in [0.1, 0.15) is 12.5 Å².